The number of pyridine rings is 1. The minimum atomic E-state index is 0.891. The molecule has 0 saturated carbocycles. The molecule has 0 aliphatic carbocycles. The first kappa shape index (κ1) is 23.1. The molecule has 2 aliphatic heterocycles. The van der Waals surface area contributed by atoms with Crippen molar-refractivity contribution in [1.82, 2.24) is 35.1 Å². The molecule has 0 radical (unpaired) electrons. The second-order valence-corrected chi connectivity index (χ2v) is 10.0. The molecule has 7 heteroatoms. The number of aromatic amines is 3. The number of fused-ring (bicyclic) bond motifs is 8. The van der Waals surface area contributed by atoms with Gasteiger partial charge in [-0.05, 0) is 90.0 Å². The summed E-state index contributed by atoms with van der Waals surface area (Å²) in [5.74, 6) is 0. The minimum Gasteiger partial charge on any atom is -0.355 e. The summed E-state index contributed by atoms with van der Waals surface area (Å²) < 4.78 is 0. The lowest BCUT2D eigenvalue weighted by Crippen LogP contribution is -1.84. The molecule has 6 aromatic rings. The molecule has 0 fully saturated rings. The maximum absolute atomic E-state index is 4.84. The molecule has 0 amide bonds. The van der Waals surface area contributed by atoms with Crippen LogP contribution >= 0.6 is 0 Å². The number of nitrogens with one attached hydrogen (secondary N) is 3. The maximum Gasteiger partial charge on any atom is 0.1000 e. The van der Waals surface area contributed by atoms with Crippen molar-refractivity contribution in [3.05, 3.63) is 120 Å². The van der Waals surface area contributed by atoms with E-state index >= 15 is 0 Å². The lowest BCUT2D eigenvalue weighted by atomic mass is 9.99. The molecule has 0 unspecified atom stereocenters. The lowest BCUT2D eigenvalue weighted by molar-refractivity contribution is 1.09. The Balaban J connectivity index is 1.27. The van der Waals surface area contributed by atoms with Crippen LogP contribution in [0.15, 0.2) is 97.5 Å². The Kier molecular flexibility index (Phi) is 5.31. The third-order valence-electron chi connectivity index (χ3n) is 7.27. The molecule has 0 atom stereocenters. The van der Waals surface area contributed by atoms with Crippen LogP contribution in [0.1, 0.15) is 22.8 Å². The van der Waals surface area contributed by atoms with E-state index in [0.717, 1.165) is 78.4 Å². The number of rotatable bonds is 3. The van der Waals surface area contributed by atoms with Crippen LogP contribution in [0, 0.1) is 0 Å². The molecule has 7 nitrogen and oxygen atoms in total. The van der Waals surface area contributed by atoms with Crippen molar-refractivity contribution in [1.29, 1.82) is 0 Å². The summed E-state index contributed by atoms with van der Waals surface area (Å²) >= 11 is 0. The van der Waals surface area contributed by atoms with Crippen molar-refractivity contribution in [2.45, 2.75) is 0 Å². The van der Waals surface area contributed by atoms with E-state index in [1.807, 2.05) is 54.8 Å². The van der Waals surface area contributed by atoms with Gasteiger partial charge in [0.05, 0.1) is 28.5 Å². The highest BCUT2D eigenvalue weighted by molar-refractivity contribution is 5.89. The predicted molar refractivity (Wildman–Crippen MR) is 165 cm³/mol. The quantitative estimate of drug-likeness (QED) is 0.218. The van der Waals surface area contributed by atoms with Gasteiger partial charge < -0.3 is 9.97 Å². The van der Waals surface area contributed by atoms with Crippen LogP contribution in [-0.2, 0) is 0 Å². The van der Waals surface area contributed by atoms with E-state index in [2.05, 4.69) is 79.7 Å². The standard InChI is InChI=1S/C34H23N7/c1-3-22(32-20-36-41-34(32)23-11-13-35-14-12-23)4-2-21(1)31-18-30-17-28-8-7-26(38-28)15-24-5-6-25(37-24)16-27-9-10-29(39-27)19-33(31)40-30/h1-20,37,40H,(H,36,41). The van der Waals surface area contributed by atoms with E-state index in [-0.39, 0.29) is 0 Å². The molecule has 8 rings (SSSR count). The summed E-state index contributed by atoms with van der Waals surface area (Å²) in [6, 6.07) is 27.1. The minimum absolute atomic E-state index is 0.891. The normalized spacial score (nSPS) is 12.2. The fourth-order valence-corrected chi connectivity index (χ4v) is 5.33. The Morgan fingerprint density at radius 2 is 1.07 bits per heavy atom. The van der Waals surface area contributed by atoms with Crippen molar-refractivity contribution >= 4 is 46.4 Å². The smallest absolute Gasteiger partial charge is 0.1000 e. The molecular formula is C34H23N7. The molecule has 0 saturated heterocycles. The summed E-state index contributed by atoms with van der Waals surface area (Å²) in [4.78, 5) is 20.8. The molecule has 41 heavy (non-hydrogen) atoms. The van der Waals surface area contributed by atoms with Crippen LogP contribution in [0.3, 0.4) is 0 Å². The fourth-order valence-electron chi connectivity index (χ4n) is 5.33. The van der Waals surface area contributed by atoms with Gasteiger partial charge in [-0.1, -0.05) is 24.3 Å². The Hall–Kier alpha value is -5.82. The molecule has 2 aliphatic rings. The highest BCUT2D eigenvalue weighted by atomic mass is 15.1. The molecule has 5 aromatic heterocycles. The van der Waals surface area contributed by atoms with Gasteiger partial charge in [0.2, 0.25) is 0 Å². The summed E-state index contributed by atoms with van der Waals surface area (Å²) in [6.07, 6.45) is 13.7. The molecule has 7 heterocycles. The van der Waals surface area contributed by atoms with Crippen LogP contribution in [0.5, 0.6) is 0 Å². The summed E-state index contributed by atoms with van der Waals surface area (Å²) in [7, 11) is 0. The van der Waals surface area contributed by atoms with E-state index in [4.69, 9.17) is 9.97 Å². The fraction of sp³-hybridized carbons (Fsp3) is 0. The SMILES string of the molecule is C1=Cc2cc3cc(-c4ccc(-c5c[nH]nc5-c5ccncc5)cc4)c(cc4nc(cc5ccc(cc1n2)[nH]5)C=C4)[nH]3. The first-order valence-corrected chi connectivity index (χ1v) is 13.4. The van der Waals surface area contributed by atoms with Crippen LogP contribution < -0.4 is 0 Å². The maximum atomic E-state index is 4.84. The topological polar surface area (TPSA) is 98.9 Å². The Morgan fingerprint density at radius 1 is 0.488 bits per heavy atom. The summed E-state index contributed by atoms with van der Waals surface area (Å²) in [5, 5.41) is 7.51. The number of hydrogen-bond donors (Lipinski definition) is 3. The highest BCUT2D eigenvalue weighted by Crippen LogP contribution is 2.33. The number of H-pyrrole nitrogens is 3. The summed E-state index contributed by atoms with van der Waals surface area (Å²) in [6.45, 7) is 0. The molecule has 0 spiro atoms. The van der Waals surface area contributed by atoms with Crippen molar-refractivity contribution in [3.8, 4) is 33.5 Å². The van der Waals surface area contributed by atoms with E-state index in [1.165, 1.54) is 0 Å². The van der Waals surface area contributed by atoms with Crippen LogP contribution in [0.2, 0.25) is 0 Å². The van der Waals surface area contributed by atoms with E-state index in [1.54, 1.807) is 12.4 Å². The zero-order chi connectivity index (χ0) is 27.2. The van der Waals surface area contributed by atoms with Gasteiger partial charge in [0.1, 0.15) is 0 Å². The second-order valence-electron chi connectivity index (χ2n) is 10.0. The van der Waals surface area contributed by atoms with Gasteiger partial charge >= 0.3 is 0 Å². The van der Waals surface area contributed by atoms with Crippen LogP contribution in [-0.4, -0.2) is 35.1 Å². The van der Waals surface area contributed by atoms with E-state index in [0.29, 0.717) is 0 Å². The predicted octanol–water partition coefficient (Wildman–Crippen LogP) is 7.77. The number of aromatic nitrogens is 7. The first-order valence-electron chi connectivity index (χ1n) is 13.4. The van der Waals surface area contributed by atoms with Gasteiger partial charge in [0, 0.05) is 57.3 Å². The molecular weight excluding hydrogens is 506 g/mol. The van der Waals surface area contributed by atoms with Gasteiger partial charge in [-0.15, -0.1) is 0 Å². The Bertz CT molecular complexity index is 2140. The van der Waals surface area contributed by atoms with Crippen LogP contribution in [0.4, 0.5) is 0 Å². The zero-order valence-electron chi connectivity index (χ0n) is 21.8. The first-order chi connectivity index (χ1) is 20.2. The number of hydrogen-bond acceptors (Lipinski definition) is 4. The molecule has 1 aromatic carbocycles. The highest BCUT2D eigenvalue weighted by Gasteiger charge is 2.12. The van der Waals surface area contributed by atoms with E-state index < -0.39 is 0 Å². The van der Waals surface area contributed by atoms with Crippen molar-refractivity contribution in [2.75, 3.05) is 0 Å². The Labute approximate surface area is 235 Å². The average Bonchev–Trinajstić information content (AvgIpc) is 3.83. The van der Waals surface area contributed by atoms with Crippen molar-refractivity contribution in [2.24, 2.45) is 0 Å². The third-order valence-corrected chi connectivity index (χ3v) is 7.27. The third kappa shape index (κ3) is 4.45. The molecule has 3 N–H and O–H groups in total. The second kappa shape index (κ2) is 9.43. The van der Waals surface area contributed by atoms with Gasteiger partial charge in [-0.2, -0.15) is 5.10 Å². The van der Waals surface area contributed by atoms with Gasteiger partial charge in [0.25, 0.3) is 0 Å². The largest absolute Gasteiger partial charge is 0.355 e. The summed E-state index contributed by atoms with van der Waals surface area (Å²) in [5.41, 5.74) is 13.8. The average molecular weight is 530 g/mol. The molecule has 8 bridgehead atoms. The lowest BCUT2D eigenvalue weighted by Gasteiger charge is -2.05. The molecule has 194 valence electrons. The van der Waals surface area contributed by atoms with Crippen molar-refractivity contribution < 1.29 is 0 Å². The van der Waals surface area contributed by atoms with Gasteiger partial charge in [-0.3, -0.25) is 10.1 Å². The van der Waals surface area contributed by atoms with Crippen molar-refractivity contribution in [3.63, 3.8) is 0 Å². The van der Waals surface area contributed by atoms with E-state index in [9.17, 15) is 0 Å². The number of benzene rings is 1. The van der Waals surface area contributed by atoms with Gasteiger partial charge in [0.15, 0.2) is 0 Å². The monoisotopic (exact) mass is 529 g/mol. The Morgan fingerprint density at radius 3 is 1.73 bits per heavy atom. The van der Waals surface area contributed by atoms with Gasteiger partial charge in [-0.25, -0.2) is 9.97 Å². The zero-order valence-corrected chi connectivity index (χ0v) is 21.8. The van der Waals surface area contributed by atoms with Crippen LogP contribution in [0.25, 0.3) is 79.9 Å². The number of nitrogens with zero attached hydrogens (tertiary/aromatic N) is 4.